The van der Waals surface area contributed by atoms with E-state index >= 15 is 0 Å². The van der Waals surface area contributed by atoms with Crippen molar-refractivity contribution in [2.45, 2.75) is 141 Å². The standard InChI is InChI=1S/C27H53NO4/c1-4-5-6-7-8-9-10-11-12-13-14-15-16-17-18-19-20-21-27(31)24-28(2,3)23-25(32-27)22-26(29)30/h25,31H,4-24H2,1-3H3/p+1/t25-,27+/m1/s1. The Balaban J connectivity index is 1.95. The number of ether oxygens (including phenoxy) is 1. The fourth-order valence-electron chi connectivity index (χ4n) is 5.23. The molecule has 0 unspecified atom stereocenters. The number of carboxylic acids is 1. The van der Waals surface area contributed by atoms with Crippen LogP contribution in [-0.4, -0.2) is 59.7 Å². The van der Waals surface area contributed by atoms with Crippen molar-refractivity contribution >= 4 is 5.97 Å². The maximum absolute atomic E-state index is 11.0. The molecule has 0 radical (unpaired) electrons. The predicted molar refractivity (Wildman–Crippen MR) is 133 cm³/mol. The third-order valence-corrected chi connectivity index (χ3v) is 6.83. The van der Waals surface area contributed by atoms with Crippen LogP contribution in [0.3, 0.4) is 0 Å². The first-order valence-corrected chi connectivity index (χ1v) is 13.7. The summed E-state index contributed by atoms with van der Waals surface area (Å²) in [5, 5.41) is 20.0. The van der Waals surface area contributed by atoms with Gasteiger partial charge >= 0.3 is 5.97 Å². The van der Waals surface area contributed by atoms with Crippen molar-refractivity contribution in [3.8, 4) is 0 Å². The van der Waals surface area contributed by atoms with Crippen LogP contribution in [0.2, 0.25) is 0 Å². The van der Waals surface area contributed by atoms with E-state index in [1.807, 2.05) is 14.1 Å². The van der Waals surface area contributed by atoms with Gasteiger partial charge in [-0.15, -0.1) is 0 Å². The van der Waals surface area contributed by atoms with Crippen molar-refractivity contribution in [3.05, 3.63) is 0 Å². The fraction of sp³-hybridized carbons (Fsp3) is 0.963. The smallest absolute Gasteiger partial charge is 0.306 e. The summed E-state index contributed by atoms with van der Waals surface area (Å²) < 4.78 is 6.41. The van der Waals surface area contributed by atoms with Crippen molar-refractivity contribution in [2.24, 2.45) is 0 Å². The molecule has 0 saturated carbocycles. The molecule has 0 spiro atoms. The Bertz CT molecular complexity index is 482. The van der Waals surface area contributed by atoms with Crippen LogP contribution in [0.4, 0.5) is 0 Å². The number of nitrogens with zero attached hydrogens (tertiary/aromatic N) is 1. The van der Waals surface area contributed by atoms with Crippen molar-refractivity contribution in [3.63, 3.8) is 0 Å². The van der Waals surface area contributed by atoms with Crippen LogP contribution in [0.5, 0.6) is 0 Å². The molecular formula is C27H54NO4+. The van der Waals surface area contributed by atoms with Crippen molar-refractivity contribution in [2.75, 3.05) is 27.2 Å². The van der Waals surface area contributed by atoms with E-state index in [1.165, 1.54) is 96.3 Å². The van der Waals surface area contributed by atoms with E-state index in [2.05, 4.69) is 6.92 Å². The van der Waals surface area contributed by atoms with Crippen LogP contribution in [0.1, 0.15) is 129 Å². The largest absolute Gasteiger partial charge is 0.481 e. The van der Waals surface area contributed by atoms with Crippen LogP contribution in [0, 0.1) is 0 Å². The lowest BCUT2D eigenvalue weighted by Crippen LogP contribution is -2.62. The first kappa shape index (κ1) is 29.4. The Morgan fingerprint density at radius 3 is 1.62 bits per heavy atom. The molecule has 1 heterocycles. The highest BCUT2D eigenvalue weighted by Gasteiger charge is 2.45. The van der Waals surface area contributed by atoms with Crippen LogP contribution < -0.4 is 0 Å². The minimum absolute atomic E-state index is 0.0387. The summed E-state index contributed by atoms with van der Waals surface area (Å²) in [6, 6.07) is 0. The van der Waals surface area contributed by atoms with E-state index in [9.17, 15) is 9.90 Å². The topological polar surface area (TPSA) is 66.8 Å². The summed E-state index contributed by atoms with van der Waals surface area (Å²) in [7, 11) is 4.08. The molecule has 0 aromatic rings. The molecule has 32 heavy (non-hydrogen) atoms. The summed E-state index contributed by atoms with van der Waals surface area (Å²) in [5.74, 6) is -2.05. The quantitative estimate of drug-likeness (QED) is 0.159. The number of rotatable bonds is 20. The third-order valence-electron chi connectivity index (χ3n) is 6.83. The zero-order valence-corrected chi connectivity index (χ0v) is 21.6. The van der Waals surface area contributed by atoms with Gasteiger partial charge < -0.3 is 19.4 Å². The Morgan fingerprint density at radius 2 is 1.22 bits per heavy atom. The van der Waals surface area contributed by atoms with Gasteiger partial charge in [-0.2, -0.15) is 0 Å². The van der Waals surface area contributed by atoms with Crippen molar-refractivity contribution in [1.29, 1.82) is 0 Å². The SMILES string of the molecule is CCCCCCCCCCCCCCCCCCC[C@@]1(O)C[N+](C)(C)C[C@@H](CC(=O)O)O1. The van der Waals surface area contributed by atoms with E-state index < -0.39 is 17.9 Å². The number of likely N-dealkylation sites (N-methyl/N-ethyl adjacent to an activating group) is 1. The highest BCUT2D eigenvalue weighted by atomic mass is 16.6. The number of carbonyl (C=O) groups is 1. The van der Waals surface area contributed by atoms with E-state index in [1.54, 1.807) is 0 Å². The molecule has 0 aromatic carbocycles. The molecule has 2 N–H and O–H groups in total. The number of aliphatic hydroxyl groups is 1. The summed E-state index contributed by atoms with van der Waals surface area (Å²) in [6.45, 7) is 3.44. The van der Waals surface area contributed by atoms with E-state index in [0.29, 0.717) is 24.0 Å². The average Bonchev–Trinajstić information content (AvgIpc) is 2.68. The zero-order valence-electron chi connectivity index (χ0n) is 21.6. The molecule has 0 amide bonds. The molecule has 5 heteroatoms. The van der Waals surface area contributed by atoms with Gasteiger partial charge in [0.2, 0.25) is 5.79 Å². The van der Waals surface area contributed by atoms with Gasteiger partial charge in [-0.05, 0) is 6.42 Å². The van der Waals surface area contributed by atoms with Gasteiger partial charge in [-0.25, -0.2) is 0 Å². The molecule has 0 bridgehead atoms. The lowest BCUT2D eigenvalue weighted by molar-refractivity contribution is -0.915. The number of unbranched alkanes of at least 4 members (excludes halogenated alkanes) is 16. The third kappa shape index (κ3) is 15.2. The molecule has 1 aliphatic rings. The summed E-state index contributed by atoms with van der Waals surface area (Å²) >= 11 is 0. The minimum atomic E-state index is -1.18. The average molecular weight is 457 g/mol. The molecule has 1 aliphatic heterocycles. The molecule has 190 valence electrons. The number of hydrogen-bond donors (Lipinski definition) is 2. The van der Waals surface area contributed by atoms with Crippen LogP contribution >= 0.6 is 0 Å². The normalized spacial score (nSPS) is 22.8. The van der Waals surface area contributed by atoms with E-state index in [4.69, 9.17) is 9.84 Å². The van der Waals surface area contributed by atoms with Gasteiger partial charge in [-0.1, -0.05) is 110 Å². The molecule has 1 fully saturated rings. The maximum Gasteiger partial charge on any atom is 0.306 e. The Labute approximate surface area is 198 Å². The van der Waals surface area contributed by atoms with Crippen molar-refractivity contribution in [1.82, 2.24) is 0 Å². The fourth-order valence-corrected chi connectivity index (χ4v) is 5.23. The molecule has 1 saturated heterocycles. The van der Waals surface area contributed by atoms with Gasteiger partial charge in [0.15, 0.2) is 0 Å². The second-order valence-corrected chi connectivity index (χ2v) is 11.0. The van der Waals surface area contributed by atoms with E-state index in [-0.39, 0.29) is 6.42 Å². The van der Waals surface area contributed by atoms with Crippen LogP contribution in [-0.2, 0) is 9.53 Å². The summed E-state index contributed by atoms with van der Waals surface area (Å²) in [4.78, 5) is 11.0. The monoisotopic (exact) mass is 456 g/mol. The Morgan fingerprint density at radius 1 is 0.812 bits per heavy atom. The van der Waals surface area contributed by atoms with Gasteiger partial charge in [0.05, 0.1) is 20.5 Å². The predicted octanol–water partition coefficient (Wildman–Crippen LogP) is 6.67. The second kappa shape index (κ2) is 16.9. The number of aliphatic carboxylic acids is 1. The molecule has 5 nitrogen and oxygen atoms in total. The second-order valence-electron chi connectivity index (χ2n) is 11.0. The van der Waals surface area contributed by atoms with E-state index in [0.717, 1.165) is 12.8 Å². The van der Waals surface area contributed by atoms with Gasteiger partial charge in [0.1, 0.15) is 19.2 Å². The first-order chi connectivity index (χ1) is 15.3. The Kier molecular flexibility index (Phi) is 15.5. The van der Waals surface area contributed by atoms with Gasteiger partial charge in [0, 0.05) is 6.42 Å². The lowest BCUT2D eigenvalue weighted by Gasteiger charge is -2.46. The molecule has 2 atom stereocenters. The maximum atomic E-state index is 11.0. The number of hydrogen-bond acceptors (Lipinski definition) is 3. The zero-order chi connectivity index (χ0) is 23.7. The summed E-state index contributed by atoms with van der Waals surface area (Å²) in [6.07, 6.45) is 22.9. The lowest BCUT2D eigenvalue weighted by atomic mass is 10.0. The van der Waals surface area contributed by atoms with Gasteiger partial charge in [0.25, 0.3) is 0 Å². The molecule has 0 aromatic heterocycles. The van der Waals surface area contributed by atoms with Crippen molar-refractivity contribution < 1.29 is 24.2 Å². The van der Waals surface area contributed by atoms with Crippen LogP contribution in [0.15, 0.2) is 0 Å². The number of morpholine rings is 1. The minimum Gasteiger partial charge on any atom is -0.481 e. The van der Waals surface area contributed by atoms with Crippen LogP contribution in [0.25, 0.3) is 0 Å². The molecule has 0 aliphatic carbocycles. The summed E-state index contributed by atoms with van der Waals surface area (Å²) in [5.41, 5.74) is 0. The highest BCUT2D eigenvalue weighted by molar-refractivity contribution is 5.67. The first-order valence-electron chi connectivity index (χ1n) is 13.7. The molecular weight excluding hydrogens is 402 g/mol. The van der Waals surface area contributed by atoms with Gasteiger partial charge in [-0.3, -0.25) is 4.79 Å². The number of carboxylic acid groups (broad SMARTS) is 1. The molecule has 1 rings (SSSR count). The highest BCUT2D eigenvalue weighted by Crippen LogP contribution is 2.29. The number of quaternary nitrogens is 1. The Hall–Kier alpha value is -0.650.